The van der Waals surface area contributed by atoms with E-state index in [1.165, 1.54) is 37.7 Å². The Bertz CT molecular complexity index is 427. The summed E-state index contributed by atoms with van der Waals surface area (Å²) >= 11 is 0. The van der Waals surface area contributed by atoms with Crippen LogP contribution in [0.5, 0.6) is 0 Å². The lowest BCUT2D eigenvalue weighted by Gasteiger charge is -2.25. The Morgan fingerprint density at radius 1 is 1.15 bits per heavy atom. The van der Waals surface area contributed by atoms with Crippen LogP contribution >= 0.6 is 0 Å². The fourth-order valence-electron chi connectivity index (χ4n) is 3.06. The summed E-state index contributed by atoms with van der Waals surface area (Å²) in [5.41, 5.74) is 2.36. The summed E-state index contributed by atoms with van der Waals surface area (Å²) in [5.74, 6) is 0.567. The maximum atomic E-state index is 12.4. The van der Waals surface area contributed by atoms with Gasteiger partial charge in [-0.05, 0) is 24.5 Å². The number of ketones is 1. The number of carbonyl (C=O) groups is 1. The Morgan fingerprint density at radius 3 is 2.75 bits per heavy atom. The van der Waals surface area contributed by atoms with Crippen molar-refractivity contribution in [3.8, 4) is 0 Å². The molecule has 0 saturated carbocycles. The van der Waals surface area contributed by atoms with Crippen molar-refractivity contribution in [2.24, 2.45) is 0 Å². The van der Waals surface area contributed by atoms with Gasteiger partial charge in [-0.3, -0.25) is 4.79 Å². The van der Waals surface area contributed by atoms with Crippen molar-refractivity contribution in [3.63, 3.8) is 0 Å². The fraction of sp³-hybridized carbons (Fsp3) is 0.611. The molecule has 0 saturated heterocycles. The van der Waals surface area contributed by atoms with Gasteiger partial charge < -0.3 is 5.32 Å². The topological polar surface area (TPSA) is 29.1 Å². The average Bonchev–Trinajstić information content (AvgIpc) is 2.50. The van der Waals surface area contributed by atoms with E-state index in [0.29, 0.717) is 5.78 Å². The number of benzene rings is 1. The van der Waals surface area contributed by atoms with Crippen LogP contribution in [0, 0.1) is 0 Å². The van der Waals surface area contributed by atoms with Gasteiger partial charge >= 0.3 is 0 Å². The van der Waals surface area contributed by atoms with E-state index < -0.39 is 0 Å². The van der Waals surface area contributed by atoms with Gasteiger partial charge in [-0.25, -0.2) is 0 Å². The second kappa shape index (κ2) is 8.08. The second-order valence-corrected chi connectivity index (χ2v) is 5.84. The highest BCUT2D eigenvalue weighted by atomic mass is 16.1. The zero-order valence-corrected chi connectivity index (χ0v) is 12.7. The maximum Gasteiger partial charge on any atom is 0.140 e. The molecule has 0 radical (unpaired) electrons. The van der Waals surface area contributed by atoms with Gasteiger partial charge in [0.2, 0.25) is 0 Å². The molecule has 0 amide bonds. The van der Waals surface area contributed by atoms with Gasteiger partial charge in [0.25, 0.3) is 0 Å². The number of fused-ring (bicyclic) bond motifs is 1. The van der Waals surface area contributed by atoms with Gasteiger partial charge in [0.15, 0.2) is 0 Å². The van der Waals surface area contributed by atoms with Crippen molar-refractivity contribution in [2.45, 2.75) is 64.2 Å². The number of hydrogen-bond acceptors (Lipinski definition) is 2. The Kier molecular flexibility index (Phi) is 6.10. The fourth-order valence-corrected chi connectivity index (χ4v) is 3.06. The van der Waals surface area contributed by atoms with Crippen molar-refractivity contribution >= 4 is 11.5 Å². The number of anilines is 1. The molecule has 0 fully saturated rings. The van der Waals surface area contributed by atoms with E-state index in [9.17, 15) is 4.79 Å². The normalized spacial score (nSPS) is 17.4. The monoisotopic (exact) mass is 273 g/mol. The van der Waals surface area contributed by atoms with Gasteiger partial charge in [-0.2, -0.15) is 0 Å². The first-order valence-corrected chi connectivity index (χ1v) is 8.18. The number of Topliss-reactive ketones (excluding diaryl/α,β-unsaturated/α-hetero) is 1. The molecule has 0 aliphatic carbocycles. The molecular formula is C18H27NO. The van der Waals surface area contributed by atoms with E-state index in [0.717, 1.165) is 31.5 Å². The van der Waals surface area contributed by atoms with E-state index in [1.807, 2.05) is 12.1 Å². The zero-order chi connectivity index (χ0) is 14.2. The van der Waals surface area contributed by atoms with Crippen LogP contribution in [-0.4, -0.2) is 12.3 Å². The van der Waals surface area contributed by atoms with Crippen molar-refractivity contribution < 1.29 is 4.79 Å². The van der Waals surface area contributed by atoms with Crippen LogP contribution < -0.4 is 5.32 Å². The van der Waals surface area contributed by atoms with Crippen molar-refractivity contribution in [3.05, 3.63) is 29.8 Å². The van der Waals surface area contributed by atoms with E-state index >= 15 is 0 Å². The summed E-state index contributed by atoms with van der Waals surface area (Å²) in [7, 11) is 0. The van der Waals surface area contributed by atoms with E-state index in [2.05, 4.69) is 24.4 Å². The van der Waals surface area contributed by atoms with Gasteiger partial charge in [-0.1, -0.05) is 57.2 Å². The standard InChI is InChI=1S/C18H27NO/c1-2-3-4-5-6-7-12-18(20)16-13-14-19-17-11-9-8-10-15(16)17/h8-11,16,19H,2-7,12-14H2,1H3. The Balaban J connectivity index is 1.79. The SMILES string of the molecule is CCCCCCCCC(=O)C1CCNc2ccccc21. The summed E-state index contributed by atoms with van der Waals surface area (Å²) in [6.07, 6.45) is 9.19. The summed E-state index contributed by atoms with van der Waals surface area (Å²) in [5, 5.41) is 3.39. The second-order valence-electron chi connectivity index (χ2n) is 5.84. The van der Waals surface area contributed by atoms with Gasteiger partial charge in [-0.15, -0.1) is 0 Å². The van der Waals surface area contributed by atoms with E-state index in [4.69, 9.17) is 0 Å². The lowest BCUT2D eigenvalue weighted by atomic mass is 9.85. The molecule has 2 rings (SSSR count). The first kappa shape index (κ1) is 15.1. The van der Waals surface area contributed by atoms with Crippen LogP contribution in [0.15, 0.2) is 24.3 Å². The number of carbonyl (C=O) groups excluding carboxylic acids is 1. The molecule has 2 nitrogen and oxygen atoms in total. The molecule has 1 aliphatic heterocycles. The first-order chi connectivity index (χ1) is 9.83. The Labute approximate surface area is 123 Å². The number of para-hydroxylation sites is 1. The third kappa shape index (κ3) is 4.09. The Hall–Kier alpha value is -1.31. The van der Waals surface area contributed by atoms with Gasteiger partial charge in [0.1, 0.15) is 5.78 Å². The number of hydrogen-bond donors (Lipinski definition) is 1. The highest BCUT2D eigenvalue weighted by molar-refractivity contribution is 5.88. The molecule has 20 heavy (non-hydrogen) atoms. The highest BCUT2D eigenvalue weighted by Gasteiger charge is 2.25. The number of rotatable bonds is 8. The third-order valence-corrected chi connectivity index (χ3v) is 4.25. The summed E-state index contributed by atoms with van der Waals surface area (Å²) in [6.45, 7) is 3.15. The molecule has 0 spiro atoms. The van der Waals surface area contributed by atoms with Crippen LogP contribution in [0.1, 0.15) is 69.8 Å². The maximum absolute atomic E-state index is 12.4. The van der Waals surface area contributed by atoms with Crippen LogP contribution in [0.25, 0.3) is 0 Å². The van der Waals surface area contributed by atoms with E-state index in [1.54, 1.807) is 0 Å². The predicted molar refractivity (Wildman–Crippen MR) is 85.3 cm³/mol. The molecule has 1 atom stereocenters. The van der Waals surface area contributed by atoms with Crippen LogP contribution in [0.4, 0.5) is 5.69 Å². The lowest BCUT2D eigenvalue weighted by molar-refractivity contribution is -0.120. The molecule has 2 heteroatoms. The molecule has 0 aromatic heterocycles. The minimum atomic E-state index is 0.128. The molecule has 1 aromatic carbocycles. The largest absolute Gasteiger partial charge is 0.385 e. The van der Waals surface area contributed by atoms with Crippen LogP contribution in [-0.2, 0) is 4.79 Å². The molecular weight excluding hydrogens is 246 g/mol. The average molecular weight is 273 g/mol. The molecule has 1 heterocycles. The minimum absolute atomic E-state index is 0.128. The Morgan fingerprint density at radius 2 is 1.90 bits per heavy atom. The summed E-state index contributed by atoms with van der Waals surface area (Å²) < 4.78 is 0. The molecule has 1 aromatic rings. The lowest BCUT2D eigenvalue weighted by Crippen LogP contribution is -2.22. The van der Waals surface area contributed by atoms with Crippen molar-refractivity contribution in [1.82, 2.24) is 0 Å². The predicted octanol–water partition coefficient (Wildman–Crippen LogP) is 4.91. The summed E-state index contributed by atoms with van der Waals surface area (Å²) in [4.78, 5) is 12.4. The summed E-state index contributed by atoms with van der Waals surface area (Å²) in [6, 6.07) is 8.26. The zero-order valence-electron chi connectivity index (χ0n) is 12.7. The molecule has 1 N–H and O–H groups in total. The van der Waals surface area contributed by atoms with Crippen molar-refractivity contribution in [1.29, 1.82) is 0 Å². The molecule has 110 valence electrons. The van der Waals surface area contributed by atoms with E-state index in [-0.39, 0.29) is 5.92 Å². The first-order valence-electron chi connectivity index (χ1n) is 8.18. The third-order valence-electron chi connectivity index (χ3n) is 4.25. The van der Waals surface area contributed by atoms with Crippen LogP contribution in [0.2, 0.25) is 0 Å². The quantitative estimate of drug-likeness (QED) is 0.682. The minimum Gasteiger partial charge on any atom is -0.385 e. The molecule has 1 unspecified atom stereocenters. The van der Waals surface area contributed by atoms with Gasteiger partial charge in [0, 0.05) is 24.6 Å². The van der Waals surface area contributed by atoms with Gasteiger partial charge in [0.05, 0.1) is 0 Å². The van der Waals surface area contributed by atoms with Crippen molar-refractivity contribution in [2.75, 3.05) is 11.9 Å². The number of nitrogens with one attached hydrogen (secondary N) is 1. The smallest absolute Gasteiger partial charge is 0.140 e. The van der Waals surface area contributed by atoms with Crippen LogP contribution in [0.3, 0.4) is 0 Å². The molecule has 1 aliphatic rings. The highest BCUT2D eigenvalue weighted by Crippen LogP contribution is 2.33. The molecule has 0 bridgehead atoms. The number of unbranched alkanes of at least 4 members (excludes halogenated alkanes) is 5.